The van der Waals surface area contributed by atoms with Crippen LogP contribution in [0.4, 0.5) is 0 Å². The van der Waals surface area contributed by atoms with Crippen LogP contribution in [0.15, 0.2) is 30.3 Å². The van der Waals surface area contributed by atoms with Crippen molar-refractivity contribution in [1.29, 1.82) is 0 Å². The van der Waals surface area contributed by atoms with Gasteiger partial charge in [0.15, 0.2) is 0 Å². The first kappa shape index (κ1) is 17.8. The summed E-state index contributed by atoms with van der Waals surface area (Å²) in [7, 11) is 0. The zero-order chi connectivity index (χ0) is 16.0. The van der Waals surface area contributed by atoms with Crippen LogP contribution >= 0.6 is 17.1 Å². The maximum absolute atomic E-state index is 6.13. The lowest BCUT2D eigenvalue weighted by molar-refractivity contribution is 0.00917. The number of hydrogen-bond acceptors (Lipinski definition) is 6. The van der Waals surface area contributed by atoms with Gasteiger partial charge in [0.05, 0.1) is 26.4 Å². The van der Waals surface area contributed by atoms with Crippen LogP contribution in [0.2, 0.25) is 0 Å². The summed E-state index contributed by atoms with van der Waals surface area (Å²) in [4.78, 5) is 2.26. The summed E-state index contributed by atoms with van der Waals surface area (Å²) in [5.41, 5.74) is 0. The number of morpholine rings is 2. The Morgan fingerprint density at radius 2 is 1.61 bits per heavy atom. The van der Waals surface area contributed by atoms with Gasteiger partial charge in [-0.3, -0.25) is 13.8 Å². The molecular formula is C15H23N2O3PS2. The third kappa shape index (κ3) is 4.77. The highest BCUT2D eigenvalue weighted by Gasteiger charge is 2.31. The second-order valence-electron chi connectivity index (χ2n) is 5.47. The first-order valence-corrected chi connectivity index (χ1v) is 12.0. The molecule has 23 heavy (non-hydrogen) atoms. The minimum atomic E-state index is -1.99. The maximum atomic E-state index is 6.13. The summed E-state index contributed by atoms with van der Waals surface area (Å²) in [5, 5.41) is -0.794. The molecule has 0 aliphatic carbocycles. The Kier molecular flexibility index (Phi) is 6.92. The third-order valence-corrected chi connectivity index (χ3v) is 10.6. The van der Waals surface area contributed by atoms with E-state index >= 15 is 0 Å². The van der Waals surface area contributed by atoms with Gasteiger partial charge in [-0.15, -0.1) is 0 Å². The van der Waals surface area contributed by atoms with Gasteiger partial charge < -0.3 is 9.47 Å². The summed E-state index contributed by atoms with van der Waals surface area (Å²) in [5.74, 6) is 0. The first-order chi connectivity index (χ1) is 11.3. The quantitative estimate of drug-likeness (QED) is 0.556. The molecule has 0 amide bonds. The van der Waals surface area contributed by atoms with E-state index in [1.165, 1.54) is 17.0 Å². The number of rotatable bonds is 6. The molecule has 0 radical (unpaired) electrons. The van der Waals surface area contributed by atoms with Crippen molar-refractivity contribution < 1.29 is 13.7 Å². The molecule has 128 valence electrons. The molecule has 0 bridgehead atoms. The average molecular weight is 374 g/mol. The van der Waals surface area contributed by atoms with Crippen LogP contribution in [0.25, 0.3) is 0 Å². The highest BCUT2D eigenvalue weighted by Crippen LogP contribution is 2.61. The van der Waals surface area contributed by atoms with E-state index in [2.05, 4.69) is 33.8 Å². The van der Waals surface area contributed by atoms with E-state index in [4.69, 9.17) is 25.5 Å². The molecule has 3 rings (SSSR count). The van der Waals surface area contributed by atoms with Crippen LogP contribution < -0.4 is 5.30 Å². The molecule has 2 aliphatic heterocycles. The van der Waals surface area contributed by atoms with Gasteiger partial charge in [-0.1, -0.05) is 42.1 Å². The molecule has 2 heterocycles. The van der Waals surface area contributed by atoms with Gasteiger partial charge in [0.25, 0.3) is 0 Å². The Balaban J connectivity index is 1.66. The van der Waals surface area contributed by atoms with Gasteiger partial charge in [-0.25, -0.2) is 0 Å². The number of ether oxygens (including phenoxy) is 2. The Bertz CT molecular complexity index is 523. The molecule has 0 saturated carbocycles. The second kappa shape index (κ2) is 8.92. The lowest BCUT2D eigenvalue weighted by atomic mass is 10.4. The number of hydrogen-bond donors (Lipinski definition) is 0. The Labute approximate surface area is 147 Å². The fourth-order valence-corrected chi connectivity index (χ4v) is 7.88. The highest BCUT2D eigenvalue weighted by atomic mass is 32.9. The van der Waals surface area contributed by atoms with Crippen molar-refractivity contribution in [3.8, 4) is 0 Å². The maximum Gasteiger partial charge on any atom is 0.123 e. The van der Waals surface area contributed by atoms with E-state index in [1.807, 2.05) is 6.07 Å². The van der Waals surface area contributed by atoms with Crippen LogP contribution in [0, 0.1) is 0 Å². The highest BCUT2D eigenvalue weighted by molar-refractivity contribution is 8.70. The Hall–Kier alpha value is 0.0200. The molecule has 1 atom stereocenters. The smallest absolute Gasteiger partial charge is 0.123 e. The molecule has 1 aromatic carbocycles. The molecule has 2 fully saturated rings. The van der Waals surface area contributed by atoms with E-state index < -0.39 is 5.39 Å². The topological polar surface area (TPSA) is 34.2 Å². The zero-order valence-electron chi connectivity index (χ0n) is 13.1. The minimum absolute atomic E-state index is 0.601. The molecule has 1 aromatic rings. The molecule has 0 aromatic heterocycles. The van der Waals surface area contributed by atoms with E-state index in [1.54, 1.807) is 0 Å². The summed E-state index contributed by atoms with van der Waals surface area (Å²) in [6, 6.07) is 10.4. The van der Waals surface area contributed by atoms with Crippen molar-refractivity contribution in [3.63, 3.8) is 0 Å². The van der Waals surface area contributed by atoms with Crippen LogP contribution in [-0.2, 0) is 25.5 Å². The first-order valence-electron chi connectivity index (χ1n) is 7.89. The van der Waals surface area contributed by atoms with Crippen LogP contribution in [0.1, 0.15) is 0 Å². The van der Waals surface area contributed by atoms with Crippen molar-refractivity contribution in [2.75, 3.05) is 59.3 Å². The number of benzene rings is 1. The molecule has 8 heteroatoms. The molecule has 2 saturated heterocycles. The van der Waals surface area contributed by atoms with Gasteiger partial charge >= 0.3 is 0 Å². The molecule has 2 aliphatic rings. The number of nitrogens with zero attached hydrogens (tertiary/aromatic N) is 2. The van der Waals surface area contributed by atoms with Crippen molar-refractivity contribution in [2.45, 2.75) is 0 Å². The molecule has 0 spiro atoms. The standard InChI is InChI=1S/C15H23N2O3PS2/c22-21(15-4-2-1-3-5-15,17-8-12-19-13-9-17)23-20-14-16-6-10-18-11-7-16/h1-5H,6-14H2. The fourth-order valence-electron chi connectivity index (χ4n) is 2.59. The summed E-state index contributed by atoms with van der Waals surface area (Å²) in [6.07, 6.45) is 0. The average Bonchev–Trinajstić information content (AvgIpc) is 2.64. The molecular weight excluding hydrogens is 351 g/mol. The third-order valence-electron chi connectivity index (χ3n) is 3.94. The minimum Gasteiger partial charge on any atom is -0.379 e. The zero-order valence-corrected chi connectivity index (χ0v) is 15.7. The normalized spacial score (nSPS) is 23.5. The van der Waals surface area contributed by atoms with Gasteiger partial charge in [-0.05, 0) is 0 Å². The van der Waals surface area contributed by atoms with E-state index in [-0.39, 0.29) is 0 Å². The van der Waals surface area contributed by atoms with Gasteiger partial charge in [0.2, 0.25) is 0 Å². The SMILES string of the molecule is S=P(SOCN1CCOCC1)(c1ccccc1)N1CCOCC1. The second-order valence-corrected chi connectivity index (χ2v) is 12.3. The largest absolute Gasteiger partial charge is 0.379 e. The summed E-state index contributed by atoms with van der Waals surface area (Å²) in [6.45, 7) is 7.25. The van der Waals surface area contributed by atoms with Crippen LogP contribution in [0.5, 0.6) is 0 Å². The van der Waals surface area contributed by atoms with E-state index in [0.717, 1.165) is 52.6 Å². The van der Waals surface area contributed by atoms with Gasteiger partial charge in [-0.2, -0.15) is 0 Å². The van der Waals surface area contributed by atoms with Crippen molar-refractivity contribution in [2.24, 2.45) is 0 Å². The predicted molar refractivity (Wildman–Crippen MR) is 98.7 cm³/mol. The van der Waals surface area contributed by atoms with Crippen molar-refractivity contribution in [3.05, 3.63) is 30.3 Å². The lowest BCUT2D eigenvalue weighted by Gasteiger charge is -2.36. The fraction of sp³-hybridized carbons (Fsp3) is 0.600. The van der Waals surface area contributed by atoms with E-state index in [0.29, 0.717) is 6.73 Å². The van der Waals surface area contributed by atoms with E-state index in [9.17, 15) is 0 Å². The molecule has 5 nitrogen and oxygen atoms in total. The Morgan fingerprint density at radius 3 is 2.26 bits per heavy atom. The summed E-state index contributed by atoms with van der Waals surface area (Å²) >= 11 is 7.62. The van der Waals surface area contributed by atoms with Crippen molar-refractivity contribution >= 4 is 34.2 Å². The van der Waals surface area contributed by atoms with Crippen LogP contribution in [0.3, 0.4) is 0 Å². The molecule has 0 N–H and O–H groups in total. The lowest BCUT2D eigenvalue weighted by Crippen LogP contribution is -2.38. The Morgan fingerprint density at radius 1 is 1.00 bits per heavy atom. The van der Waals surface area contributed by atoms with Gasteiger partial charge in [0.1, 0.15) is 12.1 Å². The van der Waals surface area contributed by atoms with Gasteiger partial charge in [0, 0.05) is 43.1 Å². The monoisotopic (exact) mass is 374 g/mol. The summed E-state index contributed by atoms with van der Waals surface area (Å²) < 4.78 is 19.2. The molecule has 1 unspecified atom stereocenters. The van der Waals surface area contributed by atoms with Crippen molar-refractivity contribution in [1.82, 2.24) is 9.57 Å². The van der Waals surface area contributed by atoms with Crippen LogP contribution in [-0.4, -0.2) is 68.9 Å². The predicted octanol–water partition coefficient (Wildman–Crippen LogP) is 1.91.